The molecule has 1 aromatic carbocycles. The lowest BCUT2D eigenvalue weighted by Gasteiger charge is -2.05. The van der Waals surface area contributed by atoms with E-state index in [4.69, 9.17) is 11.6 Å². The lowest BCUT2D eigenvalue weighted by atomic mass is 10.1. The molecule has 0 saturated carbocycles. The molecule has 2 rings (SSSR count). The predicted octanol–water partition coefficient (Wildman–Crippen LogP) is 2.97. The molecule has 1 aliphatic rings. The summed E-state index contributed by atoms with van der Waals surface area (Å²) < 4.78 is 0. The van der Waals surface area contributed by atoms with Crippen LogP contribution in [0.1, 0.15) is 22.1 Å². The number of aryl methyl sites for hydroxylation is 1. The number of benzene rings is 1. The quantitative estimate of drug-likeness (QED) is 0.501. The molecule has 2 unspecified atom stereocenters. The molecule has 0 saturated heterocycles. The van der Waals surface area contributed by atoms with Crippen LogP contribution < -0.4 is 0 Å². The molecule has 0 amide bonds. The van der Waals surface area contributed by atoms with E-state index in [2.05, 4.69) is 5.18 Å². The van der Waals surface area contributed by atoms with Crippen molar-refractivity contribution in [1.82, 2.24) is 0 Å². The van der Waals surface area contributed by atoms with Crippen molar-refractivity contribution in [2.75, 3.05) is 0 Å². The fourth-order valence-electron chi connectivity index (χ4n) is 1.78. The van der Waals surface area contributed by atoms with Crippen molar-refractivity contribution in [1.29, 1.82) is 0 Å². The average molecular weight is 196 g/mol. The van der Waals surface area contributed by atoms with Crippen LogP contribution in [0.15, 0.2) is 23.4 Å². The van der Waals surface area contributed by atoms with Gasteiger partial charge >= 0.3 is 0 Å². The maximum absolute atomic E-state index is 10.4. The minimum Gasteiger partial charge on any atom is -0.150 e. The first-order valence-electron chi connectivity index (χ1n) is 4.28. The van der Waals surface area contributed by atoms with Gasteiger partial charge in [-0.2, -0.15) is 4.91 Å². The maximum Gasteiger partial charge on any atom is 0.116 e. The van der Waals surface area contributed by atoms with E-state index < -0.39 is 0 Å². The fourth-order valence-corrected chi connectivity index (χ4v) is 2.12. The number of hydrogen-bond donors (Lipinski definition) is 0. The molecule has 0 radical (unpaired) electrons. The summed E-state index contributed by atoms with van der Waals surface area (Å²) in [6.45, 7) is 2.02. The number of nitroso groups, excluding NO2 is 1. The molecule has 2 atom stereocenters. The van der Waals surface area contributed by atoms with Crippen LogP contribution in [0.25, 0.3) is 0 Å². The van der Waals surface area contributed by atoms with Gasteiger partial charge in [0.25, 0.3) is 0 Å². The van der Waals surface area contributed by atoms with Crippen molar-refractivity contribution < 1.29 is 0 Å². The Kier molecular flexibility index (Phi) is 2.08. The van der Waals surface area contributed by atoms with Crippen molar-refractivity contribution in [3.05, 3.63) is 39.8 Å². The van der Waals surface area contributed by atoms with E-state index in [1.54, 1.807) is 0 Å². The van der Waals surface area contributed by atoms with E-state index in [0.717, 1.165) is 11.1 Å². The predicted molar refractivity (Wildman–Crippen MR) is 53.1 cm³/mol. The first kappa shape index (κ1) is 8.70. The van der Waals surface area contributed by atoms with Gasteiger partial charge in [-0.3, -0.25) is 0 Å². The van der Waals surface area contributed by atoms with Crippen LogP contribution in [0, 0.1) is 11.8 Å². The topological polar surface area (TPSA) is 29.4 Å². The Morgan fingerprint density at radius 1 is 1.54 bits per heavy atom. The van der Waals surface area contributed by atoms with Gasteiger partial charge < -0.3 is 0 Å². The highest BCUT2D eigenvalue weighted by Gasteiger charge is 2.31. The van der Waals surface area contributed by atoms with Gasteiger partial charge in [0.15, 0.2) is 0 Å². The molecule has 0 bridgehead atoms. The van der Waals surface area contributed by atoms with Crippen molar-refractivity contribution in [3.8, 4) is 0 Å². The number of rotatable bonds is 1. The number of nitrogens with zero attached hydrogens (tertiary/aromatic N) is 1. The van der Waals surface area contributed by atoms with Crippen LogP contribution in [0.4, 0.5) is 0 Å². The molecule has 3 heteroatoms. The first-order valence-corrected chi connectivity index (χ1v) is 4.72. The number of hydrogen-bond acceptors (Lipinski definition) is 2. The molecule has 0 fully saturated rings. The molecular weight excluding hydrogens is 186 g/mol. The monoisotopic (exact) mass is 195 g/mol. The normalized spacial score (nSPS) is 25.7. The van der Waals surface area contributed by atoms with E-state index in [-0.39, 0.29) is 11.4 Å². The molecule has 1 aliphatic carbocycles. The molecule has 0 aromatic heterocycles. The zero-order valence-corrected chi connectivity index (χ0v) is 8.08. The third kappa shape index (κ3) is 1.35. The first-order chi connectivity index (χ1) is 6.22. The highest BCUT2D eigenvalue weighted by atomic mass is 35.5. The van der Waals surface area contributed by atoms with E-state index in [9.17, 15) is 4.91 Å². The highest BCUT2D eigenvalue weighted by Crippen LogP contribution is 2.38. The smallest absolute Gasteiger partial charge is 0.116 e. The van der Waals surface area contributed by atoms with Crippen molar-refractivity contribution in [2.45, 2.75) is 24.8 Å². The van der Waals surface area contributed by atoms with Crippen LogP contribution in [0.2, 0.25) is 0 Å². The molecular formula is C10H10ClNO. The SMILES string of the molecule is Cc1ccc2c(c1)C(Cl)C(N=O)C2. The van der Waals surface area contributed by atoms with E-state index in [0.29, 0.717) is 6.42 Å². The van der Waals surface area contributed by atoms with Crippen LogP contribution >= 0.6 is 11.6 Å². The van der Waals surface area contributed by atoms with Gasteiger partial charge in [0.1, 0.15) is 6.04 Å². The van der Waals surface area contributed by atoms with Crippen molar-refractivity contribution >= 4 is 11.6 Å². The van der Waals surface area contributed by atoms with E-state index in [1.807, 2.05) is 25.1 Å². The lowest BCUT2D eigenvalue weighted by Crippen LogP contribution is -2.04. The van der Waals surface area contributed by atoms with Crippen LogP contribution in [0.5, 0.6) is 0 Å². The Bertz CT molecular complexity index is 351. The van der Waals surface area contributed by atoms with Crippen LogP contribution in [-0.4, -0.2) is 6.04 Å². The average Bonchev–Trinajstić information content (AvgIpc) is 2.44. The lowest BCUT2D eigenvalue weighted by molar-refractivity contribution is 0.697. The highest BCUT2D eigenvalue weighted by molar-refractivity contribution is 6.21. The van der Waals surface area contributed by atoms with Gasteiger partial charge in [-0.1, -0.05) is 28.9 Å². The van der Waals surface area contributed by atoms with Crippen molar-refractivity contribution in [3.63, 3.8) is 0 Å². The number of fused-ring (bicyclic) bond motifs is 1. The Hall–Kier alpha value is -0.890. The second-order valence-corrected chi connectivity index (χ2v) is 3.95. The van der Waals surface area contributed by atoms with Gasteiger partial charge in [-0.25, -0.2) is 0 Å². The Balaban J connectivity index is 2.44. The summed E-state index contributed by atoms with van der Waals surface area (Å²) in [5.74, 6) is 0. The molecule has 13 heavy (non-hydrogen) atoms. The molecule has 1 aromatic rings. The number of halogens is 1. The zero-order valence-electron chi connectivity index (χ0n) is 7.33. The Morgan fingerprint density at radius 3 is 3.00 bits per heavy atom. The summed E-state index contributed by atoms with van der Waals surface area (Å²) in [6.07, 6.45) is 0.688. The summed E-state index contributed by atoms with van der Waals surface area (Å²) in [5.41, 5.74) is 3.41. The second kappa shape index (κ2) is 3.11. The molecule has 0 spiro atoms. The van der Waals surface area contributed by atoms with Crippen LogP contribution in [0.3, 0.4) is 0 Å². The summed E-state index contributed by atoms with van der Waals surface area (Å²) in [6, 6.07) is 5.83. The second-order valence-electron chi connectivity index (χ2n) is 3.48. The minimum atomic E-state index is -0.279. The standard InChI is InChI=1S/C10H10ClNO/c1-6-2-3-7-5-9(12-13)10(11)8(7)4-6/h2-4,9-10H,5H2,1H3. The fraction of sp³-hybridized carbons (Fsp3) is 0.400. The van der Waals surface area contributed by atoms with Gasteiger partial charge in [0.2, 0.25) is 0 Å². The molecule has 68 valence electrons. The minimum absolute atomic E-state index is 0.229. The Labute approximate surface area is 81.9 Å². The van der Waals surface area contributed by atoms with Crippen LogP contribution in [-0.2, 0) is 6.42 Å². The molecule has 0 N–H and O–H groups in total. The maximum atomic E-state index is 10.4. The summed E-state index contributed by atoms with van der Waals surface area (Å²) in [4.78, 5) is 10.4. The number of alkyl halides is 1. The van der Waals surface area contributed by atoms with E-state index >= 15 is 0 Å². The third-order valence-electron chi connectivity index (χ3n) is 2.50. The molecule has 0 heterocycles. The summed E-state index contributed by atoms with van der Waals surface area (Å²) >= 11 is 6.09. The summed E-state index contributed by atoms with van der Waals surface area (Å²) in [5, 5.41) is 2.80. The van der Waals surface area contributed by atoms with Crippen molar-refractivity contribution in [2.24, 2.45) is 5.18 Å². The largest absolute Gasteiger partial charge is 0.150 e. The van der Waals surface area contributed by atoms with E-state index in [1.165, 1.54) is 5.56 Å². The van der Waals surface area contributed by atoms with Gasteiger partial charge in [-0.15, -0.1) is 11.6 Å². The Morgan fingerprint density at radius 2 is 2.31 bits per heavy atom. The van der Waals surface area contributed by atoms with Gasteiger partial charge in [0, 0.05) is 6.42 Å². The van der Waals surface area contributed by atoms with Gasteiger partial charge in [0.05, 0.1) is 5.38 Å². The third-order valence-corrected chi connectivity index (χ3v) is 3.03. The van der Waals surface area contributed by atoms with Gasteiger partial charge in [-0.05, 0) is 18.1 Å². The summed E-state index contributed by atoms with van der Waals surface area (Å²) in [7, 11) is 0. The molecule has 0 aliphatic heterocycles. The molecule has 2 nitrogen and oxygen atoms in total. The zero-order chi connectivity index (χ0) is 9.42.